The van der Waals surface area contributed by atoms with Gasteiger partial charge in [-0.1, -0.05) is 29.8 Å². The topological polar surface area (TPSA) is 46.3 Å². The molecule has 112 valence electrons. The van der Waals surface area contributed by atoms with Crippen molar-refractivity contribution in [1.29, 1.82) is 0 Å². The standard InChI is InChI=1S/C14H19F3N2O/c1-4-19(9-11-7-5-6-10(2)8-11)12(20)13(3,18)14(15,16)17/h5-8H,4,9,18H2,1-3H3. The largest absolute Gasteiger partial charge is 0.415 e. The van der Waals surface area contributed by atoms with E-state index in [1.165, 1.54) is 0 Å². The highest BCUT2D eigenvalue weighted by Gasteiger charge is 2.55. The summed E-state index contributed by atoms with van der Waals surface area (Å²) in [6, 6.07) is 7.28. The van der Waals surface area contributed by atoms with Gasteiger partial charge in [0.05, 0.1) is 0 Å². The van der Waals surface area contributed by atoms with Gasteiger partial charge in [-0.3, -0.25) is 4.79 Å². The molecule has 0 aliphatic carbocycles. The lowest BCUT2D eigenvalue weighted by molar-refractivity contribution is -0.194. The van der Waals surface area contributed by atoms with E-state index in [0.717, 1.165) is 16.0 Å². The molecule has 1 aromatic carbocycles. The molecule has 0 fully saturated rings. The van der Waals surface area contributed by atoms with Gasteiger partial charge >= 0.3 is 6.18 Å². The number of aryl methyl sites for hydroxylation is 1. The summed E-state index contributed by atoms with van der Waals surface area (Å²) in [4.78, 5) is 13.1. The molecule has 0 saturated carbocycles. The third kappa shape index (κ3) is 3.50. The number of halogens is 3. The lowest BCUT2D eigenvalue weighted by Gasteiger charge is -2.32. The Bertz CT molecular complexity index is 484. The normalized spacial score (nSPS) is 14.8. The monoisotopic (exact) mass is 288 g/mol. The maximum atomic E-state index is 12.8. The molecule has 0 saturated heterocycles. The molecule has 0 aromatic heterocycles. The summed E-state index contributed by atoms with van der Waals surface area (Å²) in [5.41, 5.74) is 4.07. The maximum absolute atomic E-state index is 12.8. The van der Waals surface area contributed by atoms with Crippen LogP contribution in [0.5, 0.6) is 0 Å². The van der Waals surface area contributed by atoms with Crippen molar-refractivity contribution in [3.05, 3.63) is 35.4 Å². The van der Waals surface area contributed by atoms with Gasteiger partial charge in [0.2, 0.25) is 0 Å². The minimum absolute atomic E-state index is 0.111. The SMILES string of the molecule is CCN(Cc1cccc(C)c1)C(=O)C(C)(N)C(F)(F)F. The van der Waals surface area contributed by atoms with Crippen LogP contribution in [0, 0.1) is 6.92 Å². The fourth-order valence-corrected chi connectivity index (χ4v) is 1.81. The minimum atomic E-state index is -4.77. The summed E-state index contributed by atoms with van der Waals surface area (Å²) >= 11 is 0. The number of carbonyl (C=O) groups is 1. The summed E-state index contributed by atoms with van der Waals surface area (Å²) in [6.07, 6.45) is -4.77. The van der Waals surface area contributed by atoms with Crippen LogP contribution < -0.4 is 5.73 Å². The Morgan fingerprint density at radius 1 is 1.35 bits per heavy atom. The first-order chi connectivity index (χ1) is 9.09. The zero-order valence-electron chi connectivity index (χ0n) is 11.8. The molecular weight excluding hydrogens is 269 g/mol. The number of carbonyl (C=O) groups excluding carboxylic acids is 1. The van der Waals surface area contributed by atoms with Crippen molar-refractivity contribution in [3.63, 3.8) is 0 Å². The van der Waals surface area contributed by atoms with Crippen LogP contribution in [0.2, 0.25) is 0 Å². The van der Waals surface area contributed by atoms with Gasteiger partial charge in [-0.25, -0.2) is 0 Å². The van der Waals surface area contributed by atoms with Crippen molar-refractivity contribution >= 4 is 5.91 Å². The molecule has 0 heterocycles. The molecule has 0 aliphatic heterocycles. The number of benzene rings is 1. The summed E-state index contributed by atoms with van der Waals surface area (Å²) in [5, 5.41) is 0. The van der Waals surface area contributed by atoms with Crippen LogP contribution >= 0.6 is 0 Å². The molecule has 1 aromatic rings. The van der Waals surface area contributed by atoms with Gasteiger partial charge in [0.25, 0.3) is 5.91 Å². The highest BCUT2D eigenvalue weighted by atomic mass is 19.4. The molecule has 20 heavy (non-hydrogen) atoms. The van der Waals surface area contributed by atoms with Gasteiger partial charge in [0.15, 0.2) is 5.54 Å². The first-order valence-electron chi connectivity index (χ1n) is 6.30. The zero-order valence-corrected chi connectivity index (χ0v) is 11.8. The molecule has 1 amide bonds. The molecule has 0 bridgehead atoms. The van der Waals surface area contributed by atoms with Crippen LogP contribution in [-0.4, -0.2) is 29.1 Å². The predicted octanol–water partition coefficient (Wildman–Crippen LogP) is 2.62. The average molecular weight is 288 g/mol. The third-order valence-corrected chi connectivity index (χ3v) is 3.16. The second-order valence-corrected chi connectivity index (χ2v) is 5.01. The van der Waals surface area contributed by atoms with E-state index in [1.54, 1.807) is 19.1 Å². The summed E-state index contributed by atoms with van der Waals surface area (Å²) in [5.74, 6) is -1.12. The van der Waals surface area contributed by atoms with Gasteiger partial charge in [0.1, 0.15) is 0 Å². The smallest absolute Gasteiger partial charge is 0.337 e. The highest BCUT2D eigenvalue weighted by Crippen LogP contribution is 2.30. The fraction of sp³-hybridized carbons (Fsp3) is 0.500. The Labute approximate surface area is 116 Å². The Hall–Kier alpha value is -1.56. The molecule has 3 nitrogen and oxygen atoms in total. The lowest BCUT2D eigenvalue weighted by Crippen LogP contribution is -2.62. The second-order valence-electron chi connectivity index (χ2n) is 5.01. The lowest BCUT2D eigenvalue weighted by atomic mass is 10.0. The van der Waals surface area contributed by atoms with Crippen molar-refractivity contribution in [2.75, 3.05) is 6.54 Å². The van der Waals surface area contributed by atoms with Gasteiger partial charge in [-0.2, -0.15) is 13.2 Å². The van der Waals surface area contributed by atoms with Crippen LogP contribution in [-0.2, 0) is 11.3 Å². The number of nitrogens with two attached hydrogens (primary N) is 1. The van der Waals surface area contributed by atoms with Crippen molar-refractivity contribution in [2.24, 2.45) is 5.73 Å². The number of rotatable bonds is 4. The molecule has 0 spiro atoms. The molecule has 1 atom stereocenters. The molecule has 6 heteroatoms. The number of hydrogen-bond donors (Lipinski definition) is 1. The average Bonchev–Trinajstić information content (AvgIpc) is 2.33. The molecule has 0 radical (unpaired) electrons. The second kappa shape index (κ2) is 5.83. The Balaban J connectivity index is 2.94. The number of nitrogens with zero attached hydrogens (tertiary/aromatic N) is 1. The Morgan fingerprint density at radius 3 is 2.40 bits per heavy atom. The van der Waals surface area contributed by atoms with Crippen molar-refractivity contribution < 1.29 is 18.0 Å². The maximum Gasteiger partial charge on any atom is 0.415 e. The van der Waals surface area contributed by atoms with E-state index in [9.17, 15) is 18.0 Å². The van der Waals surface area contributed by atoms with E-state index in [0.29, 0.717) is 6.92 Å². The van der Waals surface area contributed by atoms with E-state index >= 15 is 0 Å². The molecular formula is C14H19F3N2O. The van der Waals surface area contributed by atoms with E-state index in [1.807, 2.05) is 19.1 Å². The van der Waals surface area contributed by atoms with Crippen LogP contribution in [0.4, 0.5) is 13.2 Å². The predicted molar refractivity (Wildman–Crippen MR) is 70.9 cm³/mol. The Morgan fingerprint density at radius 2 is 1.95 bits per heavy atom. The van der Waals surface area contributed by atoms with E-state index in [4.69, 9.17) is 5.73 Å². The molecule has 2 N–H and O–H groups in total. The van der Waals surface area contributed by atoms with Gasteiger partial charge < -0.3 is 10.6 Å². The van der Waals surface area contributed by atoms with Crippen molar-refractivity contribution in [2.45, 2.75) is 39.0 Å². The van der Waals surface area contributed by atoms with E-state index in [-0.39, 0.29) is 13.1 Å². The van der Waals surface area contributed by atoms with Crippen molar-refractivity contribution in [3.8, 4) is 0 Å². The highest BCUT2D eigenvalue weighted by molar-refractivity contribution is 5.86. The summed E-state index contributed by atoms with van der Waals surface area (Å²) in [7, 11) is 0. The minimum Gasteiger partial charge on any atom is -0.337 e. The fourth-order valence-electron chi connectivity index (χ4n) is 1.81. The number of likely N-dealkylation sites (N-methyl/N-ethyl adjacent to an activating group) is 1. The summed E-state index contributed by atoms with van der Waals surface area (Å²) in [6.45, 7) is 4.48. The Kier molecular flexibility index (Phi) is 4.81. The number of hydrogen-bond acceptors (Lipinski definition) is 2. The van der Waals surface area contributed by atoms with Crippen LogP contribution in [0.25, 0.3) is 0 Å². The first-order valence-corrected chi connectivity index (χ1v) is 6.30. The quantitative estimate of drug-likeness (QED) is 0.925. The number of alkyl halides is 3. The van der Waals surface area contributed by atoms with Gasteiger partial charge in [0, 0.05) is 13.1 Å². The zero-order chi connectivity index (χ0) is 15.6. The van der Waals surface area contributed by atoms with Crippen LogP contribution in [0.3, 0.4) is 0 Å². The van der Waals surface area contributed by atoms with E-state index in [2.05, 4.69) is 0 Å². The molecule has 1 rings (SSSR count). The van der Waals surface area contributed by atoms with Crippen LogP contribution in [0.15, 0.2) is 24.3 Å². The van der Waals surface area contributed by atoms with Crippen LogP contribution in [0.1, 0.15) is 25.0 Å². The molecule has 0 aliphatic rings. The van der Waals surface area contributed by atoms with E-state index < -0.39 is 17.6 Å². The summed E-state index contributed by atoms with van der Waals surface area (Å²) < 4.78 is 38.4. The van der Waals surface area contributed by atoms with Gasteiger partial charge in [-0.15, -0.1) is 0 Å². The first kappa shape index (κ1) is 16.5. The molecule has 1 unspecified atom stereocenters. The van der Waals surface area contributed by atoms with Crippen molar-refractivity contribution in [1.82, 2.24) is 4.90 Å². The van der Waals surface area contributed by atoms with Gasteiger partial charge in [-0.05, 0) is 26.3 Å². The third-order valence-electron chi connectivity index (χ3n) is 3.16. The number of amides is 1.